The van der Waals surface area contributed by atoms with Gasteiger partial charge >= 0.3 is 0 Å². The highest BCUT2D eigenvalue weighted by Gasteiger charge is 2.32. The van der Waals surface area contributed by atoms with Gasteiger partial charge in [-0.05, 0) is 95.3 Å². The van der Waals surface area contributed by atoms with E-state index >= 15 is 0 Å². The predicted octanol–water partition coefficient (Wildman–Crippen LogP) is 12.7. The number of aromatic hydroxyl groups is 2. The van der Waals surface area contributed by atoms with Gasteiger partial charge in [0, 0.05) is 22.0 Å². The van der Waals surface area contributed by atoms with E-state index in [2.05, 4.69) is 136 Å². The lowest BCUT2D eigenvalue weighted by atomic mass is 9.72. The van der Waals surface area contributed by atoms with Crippen molar-refractivity contribution >= 4 is 28.1 Å². The molecule has 0 fully saturated rings. The van der Waals surface area contributed by atoms with E-state index < -0.39 is 0 Å². The molecule has 1 aromatic heterocycles. The van der Waals surface area contributed by atoms with Crippen LogP contribution < -0.4 is 5.73 Å². The fourth-order valence-corrected chi connectivity index (χ4v) is 6.97. The van der Waals surface area contributed by atoms with E-state index in [1.165, 1.54) is 5.57 Å². The van der Waals surface area contributed by atoms with Gasteiger partial charge in [0.2, 0.25) is 0 Å². The van der Waals surface area contributed by atoms with Gasteiger partial charge in [-0.1, -0.05) is 155 Å². The number of aryl methyl sites for hydroxylation is 1. The quantitative estimate of drug-likeness (QED) is 0.0481. The summed E-state index contributed by atoms with van der Waals surface area (Å²) in [5.41, 5.74) is 16.3. The Hall–Kier alpha value is -6.02. The van der Waals surface area contributed by atoms with Gasteiger partial charge in [-0.25, -0.2) is 0 Å². The van der Waals surface area contributed by atoms with Crippen molar-refractivity contribution in [1.82, 2.24) is 15.0 Å². The second-order valence-corrected chi connectivity index (χ2v) is 18.6. The number of hydrogen-bond acceptors (Lipinski definition) is 7. The highest BCUT2D eigenvalue weighted by molar-refractivity contribution is 6.48. The molecule has 0 saturated carbocycles. The molecule has 4 aromatic carbocycles. The van der Waals surface area contributed by atoms with Crippen LogP contribution in [0.2, 0.25) is 0 Å². The lowest BCUT2D eigenvalue weighted by Gasteiger charge is -2.32. The van der Waals surface area contributed by atoms with Crippen LogP contribution in [-0.4, -0.2) is 36.6 Å². The molecule has 0 aliphatic heterocycles. The van der Waals surface area contributed by atoms with Crippen molar-refractivity contribution in [3.63, 3.8) is 0 Å². The van der Waals surface area contributed by atoms with E-state index in [0.29, 0.717) is 11.4 Å². The molecule has 0 atom stereocenters. The molecule has 0 amide bonds. The van der Waals surface area contributed by atoms with Crippen molar-refractivity contribution in [3.8, 4) is 17.2 Å². The third kappa shape index (κ3) is 10.8. The van der Waals surface area contributed by atoms with E-state index in [0.717, 1.165) is 50.8 Å². The van der Waals surface area contributed by atoms with Crippen LogP contribution in [0.15, 0.2) is 121 Å². The predicted molar refractivity (Wildman–Crippen MR) is 254 cm³/mol. The largest absolute Gasteiger partial charge is 0.505 e. The average molecular weight is 807 g/mol. The summed E-state index contributed by atoms with van der Waals surface area (Å²) in [5.74, 6) is 0.423. The summed E-state index contributed by atoms with van der Waals surface area (Å²) in [7, 11) is 0. The molecule has 0 bridgehead atoms. The van der Waals surface area contributed by atoms with Gasteiger partial charge < -0.3 is 15.9 Å². The second-order valence-electron chi connectivity index (χ2n) is 18.6. The Morgan fingerprint density at radius 2 is 1.28 bits per heavy atom. The minimum Gasteiger partial charge on any atom is -0.505 e. The molecule has 1 aliphatic carbocycles. The van der Waals surface area contributed by atoms with Gasteiger partial charge in [0.25, 0.3) is 0 Å². The topological polar surface area (TPSA) is 145 Å². The van der Waals surface area contributed by atoms with Crippen LogP contribution in [0, 0.1) is 17.7 Å². The van der Waals surface area contributed by atoms with Crippen LogP contribution in [0.1, 0.15) is 123 Å². The van der Waals surface area contributed by atoms with Crippen LogP contribution in [0.4, 0.5) is 5.69 Å². The lowest BCUT2D eigenvalue weighted by molar-refractivity contribution is 0.438. The molecule has 0 unspecified atom stereocenters. The minimum absolute atomic E-state index is 0.0361. The first-order chi connectivity index (χ1) is 27.9. The van der Waals surface area contributed by atoms with Gasteiger partial charge in [-0.15, -0.1) is 15.0 Å². The van der Waals surface area contributed by atoms with Crippen molar-refractivity contribution in [2.75, 3.05) is 5.73 Å². The number of nitrogens with two attached hydrogens (primary N) is 1. The van der Waals surface area contributed by atoms with Crippen molar-refractivity contribution in [1.29, 1.82) is 10.8 Å². The number of phenolic OH excluding ortho intramolecular Hbond substituents is 2. The molecule has 8 heteroatoms. The van der Waals surface area contributed by atoms with Crippen molar-refractivity contribution in [2.45, 2.75) is 118 Å². The van der Waals surface area contributed by atoms with E-state index in [4.69, 9.17) is 16.6 Å². The van der Waals surface area contributed by atoms with E-state index in [1.807, 2.05) is 55.5 Å². The molecular weight excluding hydrogens is 741 g/mol. The zero-order valence-corrected chi connectivity index (χ0v) is 38.0. The number of nitrogens with one attached hydrogen (secondary N) is 2. The maximum Gasteiger partial charge on any atom is 0.146 e. The van der Waals surface area contributed by atoms with E-state index in [9.17, 15) is 10.2 Å². The maximum atomic E-state index is 10.9. The Balaban J connectivity index is 0.000000223. The first-order valence-corrected chi connectivity index (χ1v) is 20.7. The standard InChI is InChI=1S/C25H33NO.C21H27N3O.C6H6N2/c1-7-9-13-18(8-2)24(3,4)20-16-21(23(27)22(26)17-20)25(5,6)19-14-11-10-12-15-19;1-13-8-9-16-17(10-13)23-24(22-16)18-12-14(20(2,3)4)11-15(19(18)25)21(5,6)7;7-5-3-1-2-4-6(5)8/h8-17,27H,7,26H2,1-6H3;8-12,25H,1-7H3;1-4,7-8H/b13-9-,18-8+;;. The fraction of sp³-hybridized carbons (Fsp3) is 0.346. The second kappa shape index (κ2) is 18.5. The number of nitrogen functional groups attached to an aromatic ring is 1. The Morgan fingerprint density at radius 3 is 1.82 bits per heavy atom. The van der Waals surface area contributed by atoms with Crippen molar-refractivity contribution in [2.24, 2.45) is 0 Å². The molecule has 0 saturated heterocycles. The summed E-state index contributed by atoms with van der Waals surface area (Å²) in [6, 6.07) is 24.4. The summed E-state index contributed by atoms with van der Waals surface area (Å²) in [4.78, 5) is 1.56. The van der Waals surface area contributed by atoms with Gasteiger partial charge in [-0.2, -0.15) is 0 Å². The number of anilines is 1. The van der Waals surface area contributed by atoms with Crippen LogP contribution >= 0.6 is 0 Å². The van der Waals surface area contributed by atoms with Gasteiger partial charge in [0.05, 0.1) is 17.1 Å². The molecule has 1 heterocycles. The zero-order chi connectivity index (χ0) is 44.8. The summed E-state index contributed by atoms with van der Waals surface area (Å²) in [6.07, 6.45) is 14.2. The number of fused-ring (bicyclic) bond motifs is 1. The molecule has 0 radical (unpaired) electrons. The SMILES string of the molecule is C/C=C(\C=C/CC)C(C)(C)c1cc(N)c(O)c(C(C)(C)c2ccccc2)c1.Cc1ccc2nn(-c3cc(C(C)(C)C)cc(C(C)(C)C)c3O)nc2c1.N=C1C=CC=CC1=N. The zero-order valence-electron chi connectivity index (χ0n) is 38.0. The van der Waals surface area contributed by atoms with Crippen LogP contribution in [0.3, 0.4) is 0 Å². The number of aromatic nitrogens is 3. The van der Waals surface area contributed by atoms with Gasteiger partial charge in [-0.3, -0.25) is 10.8 Å². The third-order valence-electron chi connectivity index (χ3n) is 11.0. The molecule has 0 spiro atoms. The number of benzene rings is 4. The Morgan fingerprint density at radius 1 is 0.700 bits per heavy atom. The lowest BCUT2D eigenvalue weighted by Crippen LogP contribution is -2.24. The number of nitrogens with zero attached hydrogens (tertiary/aromatic N) is 3. The summed E-state index contributed by atoms with van der Waals surface area (Å²) in [5, 5.41) is 45.0. The van der Waals surface area contributed by atoms with E-state index in [-0.39, 0.29) is 44.6 Å². The summed E-state index contributed by atoms with van der Waals surface area (Å²) >= 11 is 0. The molecule has 6 rings (SSSR count). The number of hydrogen-bond donors (Lipinski definition) is 5. The molecule has 60 heavy (non-hydrogen) atoms. The van der Waals surface area contributed by atoms with Crippen LogP contribution in [-0.2, 0) is 21.7 Å². The first-order valence-electron chi connectivity index (χ1n) is 20.7. The van der Waals surface area contributed by atoms with E-state index in [1.54, 1.807) is 29.1 Å². The molecule has 6 N–H and O–H groups in total. The molecule has 1 aliphatic rings. The molecule has 5 aromatic rings. The average Bonchev–Trinajstić information content (AvgIpc) is 3.60. The summed E-state index contributed by atoms with van der Waals surface area (Å²) in [6.45, 7) is 27.7. The molecule has 8 nitrogen and oxygen atoms in total. The number of allylic oxidation sites excluding steroid dienone is 8. The summed E-state index contributed by atoms with van der Waals surface area (Å²) < 4.78 is 0. The highest BCUT2D eigenvalue weighted by Crippen LogP contribution is 2.44. The number of rotatable bonds is 7. The van der Waals surface area contributed by atoms with Gasteiger partial charge in [0.1, 0.15) is 28.2 Å². The van der Waals surface area contributed by atoms with Crippen molar-refractivity contribution < 1.29 is 10.2 Å². The van der Waals surface area contributed by atoms with Crippen LogP contribution in [0.5, 0.6) is 11.5 Å². The van der Waals surface area contributed by atoms with Crippen LogP contribution in [0.25, 0.3) is 16.7 Å². The Kier molecular flexibility index (Phi) is 14.4. The Bertz CT molecular complexity index is 2440. The van der Waals surface area contributed by atoms with Gasteiger partial charge in [0.15, 0.2) is 0 Å². The smallest absolute Gasteiger partial charge is 0.146 e. The first kappa shape index (κ1) is 46.7. The normalized spacial score (nSPS) is 13.7. The molecular formula is C52H66N6O2. The fourth-order valence-electron chi connectivity index (χ4n) is 6.97. The minimum atomic E-state index is -0.360. The third-order valence-corrected chi connectivity index (χ3v) is 11.0. The Labute approximate surface area is 358 Å². The molecule has 316 valence electrons. The maximum absolute atomic E-state index is 10.9. The monoisotopic (exact) mass is 807 g/mol. The highest BCUT2D eigenvalue weighted by atomic mass is 16.3. The van der Waals surface area contributed by atoms with Crippen molar-refractivity contribution in [3.05, 3.63) is 154 Å². The number of phenols is 2.